The molecule has 1 fully saturated rings. The highest BCUT2D eigenvalue weighted by Crippen LogP contribution is 2.24. The average Bonchev–Trinajstić information content (AvgIpc) is 2.64. The molecule has 1 unspecified atom stereocenters. The summed E-state index contributed by atoms with van der Waals surface area (Å²) >= 11 is 0. The predicted octanol–water partition coefficient (Wildman–Crippen LogP) is 1.78. The van der Waals surface area contributed by atoms with E-state index in [1.54, 1.807) is 7.11 Å². The molecule has 1 amide bonds. The molecule has 1 aromatic rings. The molecule has 2 rings (SSSR count). The van der Waals surface area contributed by atoms with Crippen LogP contribution in [0.5, 0.6) is 5.75 Å². The van der Waals surface area contributed by atoms with Gasteiger partial charge in [-0.15, -0.1) is 0 Å². The Hall–Kier alpha value is -1.71. The molecule has 1 N–H and O–H groups in total. The van der Waals surface area contributed by atoms with Crippen LogP contribution in [0, 0.1) is 6.92 Å². The number of hydrogen-bond acceptors (Lipinski definition) is 3. The number of methoxy groups -OCH3 is 1. The molecule has 0 aromatic heterocycles. The number of ether oxygens (including phenoxy) is 2. The van der Waals surface area contributed by atoms with Crippen molar-refractivity contribution in [3.8, 4) is 5.75 Å². The van der Waals surface area contributed by atoms with Crippen LogP contribution in [0.2, 0.25) is 0 Å². The molecule has 80 valence electrons. The zero-order valence-electron chi connectivity index (χ0n) is 8.74. The summed E-state index contributed by atoms with van der Waals surface area (Å²) in [4.78, 5) is 10.9. The molecule has 1 aliphatic rings. The second-order valence-electron chi connectivity index (χ2n) is 3.52. The number of carbonyl (C=O) groups is 1. The van der Waals surface area contributed by atoms with E-state index in [2.05, 4.69) is 5.32 Å². The first-order valence-corrected chi connectivity index (χ1v) is 4.78. The second-order valence-corrected chi connectivity index (χ2v) is 3.52. The Morgan fingerprint density at radius 1 is 1.53 bits per heavy atom. The van der Waals surface area contributed by atoms with Crippen LogP contribution in [0.3, 0.4) is 0 Å². The average molecular weight is 207 g/mol. The molecular weight excluding hydrogens is 194 g/mol. The fraction of sp³-hybridized carbons (Fsp3) is 0.364. The summed E-state index contributed by atoms with van der Waals surface area (Å²) in [5.41, 5.74) is 2.16. The molecule has 1 saturated heterocycles. The van der Waals surface area contributed by atoms with Crippen LogP contribution in [-0.2, 0) is 4.74 Å². The van der Waals surface area contributed by atoms with Crippen molar-refractivity contribution in [2.75, 3.05) is 13.7 Å². The molecule has 15 heavy (non-hydrogen) atoms. The Labute approximate surface area is 88.2 Å². The number of benzene rings is 1. The minimum Gasteiger partial charge on any atom is -0.497 e. The van der Waals surface area contributed by atoms with Gasteiger partial charge in [0, 0.05) is 0 Å². The van der Waals surface area contributed by atoms with Crippen LogP contribution in [0.4, 0.5) is 4.79 Å². The van der Waals surface area contributed by atoms with E-state index in [9.17, 15) is 4.79 Å². The lowest BCUT2D eigenvalue weighted by atomic mass is 10.0. The summed E-state index contributed by atoms with van der Waals surface area (Å²) in [5.74, 6) is 0.821. The smallest absolute Gasteiger partial charge is 0.407 e. The molecule has 4 nitrogen and oxygen atoms in total. The van der Waals surface area contributed by atoms with Crippen molar-refractivity contribution < 1.29 is 14.3 Å². The molecule has 0 aliphatic carbocycles. The van der Waals surface area contributed by atoms with E-state index in [4.69, 9.17) is 9.47 Å². The highest BCUT2D eigenvalue weighted by molar-refractivity contribution is 5.70. The zero-order chi connectivity index (χ0) is 10.8. The number of alkyl carbamates (subject to hydrolysis) is 1. The van der Waals surface area contributed by atoms with Gasteiger partial charge in [-0.05, 0) is 30.2 Å². The minimum absolute atomic E-state index is 0.0385. The summed E-state index contributed by atoms with van der Waals surface area (Å²) in [6.07, 6.45) is -0.352. The number of aryl methyl sites for hydroxylation is 1. The molecule has 4 heteroatoms. The van der Waals surface area contributed by atoms with Crippen molar-refractivity contribution in [1.82, 2.24) is 5.32 Å². The first-order chi connectivity index (χ1) is 7.20. The molecule has 0 radical (unpaired) electrons. The lowest BCUT2D eigenvalue weighted by Gasteiger charge is -2.12. The number of cyclic esters (lactones) is 1. The van der Waals surface area contributed by atoms with Crippen LogP contribution in [-0.4, -0.2) is 19.8 Å². The van der Waals surface area contributed by atoms with E-state index in [1.165, 1.54) is 0 Å². The van der Waals surface area contributed by atoms with Crippen LogP contribution in [0.15, 0.2) is 18.2 Å². The number of hydrogen-bond donors (Lipinski definition) is 1. The van der Waals surface area contributed by atoms with Gasteiger partial charge in [-0.2, -0.15) is 0 Å². The molecule has 1 aliphatic heterocycles. The first-order valence-electron chi connectivity index (χ1n) is 4.78. The summed E-state index contributed by atoms with van der Waals surface area (Å²) in [7, 11) is 1.63. The van der Waals surface area contributed by atoms with Gasteiger partial charge in [0.05, 0.1) is 13.2 Å². The normalized spacial score (nSPS) is 19.6. The molecule has 1 heterocycles. The fourth-order valence-corrected chi connectivity index (χ4v) is 1.72. The summed E-state index contributed by atoms with van der Waals surface area (Å²) < 4.78 is 9.97. The molecular formula is C11H13NO3. The van der Waals surface area contributed by atoms with Gasteiger partial charge in [0.1, 0.15) is 12.4 Å². The maximum absolute atomic E-state index is 10.9. The Kier molecular flexibility index (Phi) is 2.49. The molecule has 0 bridgehead atoms. The van der Waals surface area contributed by atoms with Crippen molar-refractivity contribution in [3.63, 3.8) is 0 Å². The van der Waals surface area contributed by atoms with Crippen molar-refractivity contribution in [2.24, 2.45) is 0 Å². The Morgan fingerprint density at radius 3 is 2.87 bits per heavy atom. The second kappa shape index (κ2) is 3.81. The highest BCUT2D eigenvalue weighted by Gasteiger charge is 2.24. The lowest BCUT2D eigenvalue weighted by Crippen LogP contribution is -2.19. The molecule has 0 spiro atoms. The van der Waals surface area contributed by atoms with Gasteiger partial charge >= 0.3 is 6.09 Å². The number of nitrogens with one attached hydrogen (secondary N) is 1. The highest BCUT2D eigenvalue weighted by atomic mass is 16.6. The topological polar surface area (TPSA) is 47.6 Å². The van der Waals surface area contributed by atoms with E-state index in [-0.39, 0.29) is 12.1 Å². The van der Waals surface area contributed by atoms with Crippen molar-refractivity contribution >= 4 is 6.09 Å². The van der Waals surface area contributed by atoms with Gasteiger partial charge in [-0.3, -0.25) is 0 Å². The number of amides is 1. The third-order valence-corrected chi connectivity index (χ3v) is 2.53. The Bertz CT molecular complexity index is 389. The summed E-state index contributed by atoms with van der Waals surface area (Å²) in [6.45, 7) is 2.38. The largest absolute Gasteiger partial charge is 0.497 e. The number of rotatable bonds is 2. The minimum atomic E-state index is -0.352. The van der Waals surface area contributed by atoms with Crippen LogP contribution in [0.25, 0.3) is 0 Å². The molecule has 1 aromatic carbocycles. The maximum atomic E-state index is 10.9. The Balaban J connectivity index is 2.25. The van der Waals surface area contributed by atoms with E-state index in [1.807, 2.05) is 25.1 Å². The summed E-state index contributed by atoms with van der Waals surface area (Å²) in [5, 5.41) is 2.75. The SMILES string of the molecule is COc1ccc(C2COC(=O)N2)c(C)c1. The van der Waals surface area contributed by atoms with E-state index >= 15 is 0 Å². The van der Waals surface area contributed by atoms with Gasteiger partial charge in [0.2, 0.25) is 0 Å². The first kappa shape index (κ1) is 9.83. The van der Waals surface area contributed by atoms with Crippen LogP contribution < -0.4 is 10.1 Å². The third kappa shape index (κ3) is 1.88. The fourth-order valence-electron chi connectivity index (χ4n) is 1.72. The van der Waals surface area contributed by atoms with Gasteiger partial charge in [-0.1, -0.05) is 6.07 Å². The summed E-state index contributed by atoms with van der Waals surface area (Å²) in [6, 6.07) is 5.74. The van der Waals surface area contributed by atoms with E-state index in [0.717, 1.165) is 16.9 Å². The monoisotopic (exact) mass is 207 g/mol. The Morgan fingerprint density at radius 2 is 2.33 bits per heavy atom. The van der Waals surface area contributed by atoms with Crippen molar-refractivity contribution in [3.05, 3.63) is 29.3 Å². The van der Waals surface area contributed by atoms with Crippen LogP contribution >= 0.6 is 0 Å². The molecule has 1 atom stereocenters. The third-order valence-electron chi connectivity index (χ3n) is 2.53. The van der Waals surface area contributed by atoms with E-state index in [0.29, 0.717) is 6.61 Å². The van der Waals surface area contributed by atoms with Gasteiger partial charge in [-0.25, -0.2) is 4.79 Å². The number of carbonyl (C=O) groups excluding carboxylic acids is 1. The van der Waals surface area contributed by atoms with E-state index < -0.39 is 0 Å². The predicted molar refractivity (Wildman–Crippen MR) is 55.0 cm³/mol. The van der Waals surface area contributed by atoms with Gasteiger partial charge < -0.3 is 14.8 Å². The standard InChI is InChI=1S/C11H13NO3/c1-7-5-8(14-2)3-4-9(7)10-6-15-11(13)12-10/h3-5,10H,6H2,1-2H3,(H,12,13). The molecule has 0 saturated carbocycles. The van der Waals surface area contributed by atoms with Crippen LogP contribution in [0.1, 0.15) is 17.2 Å². The van der Waals surface area contributed by atoms with Gasteiger partial charge in [0.15, 0.2) is 0 Å². The van der Waals surface area contributed by atoms with Crippen molar-refractivity contribution in [1.29, 1.82) is 0 Å². The van der Waals surface area contributed by atoms with Crippen molar-refractivity contribution in [2.45, 2.75) is 13.0 Å². The quantitative estimate of drug-likeness (QED) is 0.804. The van der Waals surface area contributed by atoms with Gasteiger partial charge in [0.25, 0.3) is 0 Å². The lowest BCUT2D eigenvalue weighted by molar-refractivity contribution is 0.177. The maximum Gasteiger partial charge on any atom is 0.407 e. The zero-order valence-corrected chi connectivity index (χ0v) is 8.74.